The number of nitrogens with zero attached hydrogens (tertiary/aromatic N) is 1. The van der Waals surface area contributed by atoms with Crippen LogP contribution in [-0.2, 0) is 14.8 Å². The highest BCUT2D eigenvalue weighted by Gasteiger charge is 2.28. The summed E-state index contributed by atoms with van der Waals surface area (Å²) in [5, 5.41) is 10.4. The molecule has 1 rings (SSSR count). The lowest BCUT2D eigenvalue weighted by atomic mass is 10.2. The molecule has 21 heavy (non-hydrogen) atoms. The summed E-state index contributed by atoms with van der Waals surface area (Å²) in [5.41, 5.74) is 0.944. The number of aryl methyl sites for hydroxylation is 1. The Kier molecular flexibility index (Phi) is 6.66. The second-order valence-electron chi connectivity index (χ2n) is 4.56. The van der Waals surface area contributed by atoms with E-state index in [1.54, 1.807) is 19.1 Å². The maximum absolute atomic E-state index is 12.3. The fraction of sp³-hybridized carbons (Fsp3) is 0.462. The summed E-state index contributed by atoms with van der Waals surface area (Å²) in [5.74, 6) is -0.739. The topological polar surface area (TPSA) is 86.7 Å². The van der Waals surface area contributed by atoms with Crippen molar-refractivity contribution >= 4 is 28.6 Å². The highest BCUT2D eigenvalue weighted by molar-refractivity contribution is 7.89. The number of carboxylic acid groups (broad SMARTS) is 1. The number of hydrogen-bond acceptors (Lipinski definition) is 5. The lowest BCUT2D eigenvalue weighted by molar-refractivity contribution is -0.143. The molecular weight excluding hydrogens is 312 g/mol. The Morgan fingerprint density at radius 1 is 1.38 bits per heavy atom. The van der Waals surface area contributed by atoms with Crippen molar-refractivity contribution in [2.24, 2.45) is 0 Å². The molecule has 118 valence electrons. The number of hydrogen-bond donors (Lipinski definition) is 3. The highest BCUT2D eigenvalue weighted by atomic mass is 32.2. The largest absolute Gasteiger partial charge is 0.480 e. The number of aliphatic carboxylic acids is 1. The Bertz CT molecular complexity index is 572. The van der Waals surface area contributed by atoms with Crippen molar-refractivity contribution in [3.8, 4) is 0 Å². The molecule has 6 nitrogen and oxygen atoms in total. The molecule has 0 aliphatic rings. The molecule has 0 radical (unpaired) electrons. The van der Waals surface area contributed by atoms with Crippen molar-refractivity contribution in [2.75, 3.05) is 12.3 Å². The number of nitrogens with one attached hydrogen (secondary N) is 1. The van der Waals surface area contributed by atoms with E-state index >= 15 is 0 Å². The minimum atomic E-state index is -3.80. The Balaban J connectivity index is 2.98. The Hall–Kier alpha value is -1.09. The zero-order chi connectivity index (χ0) is 16.0. The van der Waals surface area contributed by atoms with Crippen molar-refractivity contribution in [2.45, 2.75) is 31.2 Å². The minimum Gasteiger partial charge on any atom is -0.480 e. The number of likely N-dealkylation sites (N-methyl/N-ethyl adjacent to an activating group) is 1. The third-order valence-corrected chi connectivity index (χ3v) is 4.60. The predicted molar refractivity (Wildman–Crippen MR) is 83.8 cm³/mol. The molecule has 1 aromatic rings. The summed E-state index contributed by atoms with van der Waals surface area (Å²) >= 11 is 4.01. The number of rotatable bonds is 8. The molecule has 0 unspecified atom stereocenters. The molecule has 8 heteroatoms. The summed E-state index contributed by atoms with van der Waals surface area (Å²) < 4.78 is 24.6. The van der Waals surface area contributed by atoms with Crippen molar-refractivity contribution in [1.82, 2.24) is 9.84 Å². The molecule has 0 aliphatic carbocycles. The van der Waals surface area contributed by atoms with Gasteiger partial charge in [0, 0.05) is 6.54 Å². The van der Waals surface area contributed by atoms with Gasteiger partial charge in [0.2, 0.25) is 0 Å². The summed E-state index contributed by atoms with van der Waals surface area (Å²) in [6, 6.07) is 5.40. The van der Waals surface area contributed by atoms with Gasteiger partial charge in [0.25, 0.3) is 10.0 Å². The quantitative estimate of drug-likeness (QED) is 0.493. The van der Waals surface area contributed by atoms with Crippen LogP contribution in [0.1, 0.15) is 18.9 Å². The van der Waals surface area contributed by atoms with Gasteiger partial charge >= 0.3 is 5.97 Å². The highest BCUT2D eigenvalue weighted by Crippen LogP contribution is 2.12. The Morgan fingerprint density at radius 2 is 1.95 bits per heavy atom. The molecule has 0 spiro atoms. The van der Waals surface area contributed by atoms with E-state index in [4.69, 9.17) is 0 Å². The van der Waals surface area contributed by atoms with Gasteiger partial charge in [-0.2, -0.15) is 12.6 Å². The van der Waals surface area contributed by atoms with Crippen molar-refractivity contribution < 1.29 is 18.3 Å². The van der Waals surface area contributed by atoms with E-state index in [2.05, 4.69) is 17.5 Å². The van der Waals surface area contributed by atoms with Gasteiger partial charge in [-0.25, -0.2) is 13.4 Å². The molecule has 0 fully saturated rings. The molecule has 0 saturated heterocycles. The van der Waals surface area contributed by atoms with Crippen LogP contribution in [-0.4, -0.2) is 42.8 Å². The maximum atomic E-state index is 12.3. The third-order valence-electron chi connectivity index (χ3n) is 2.97. The van der Waals surface area contributed by atoms with Gasteiger partial charge in [-0.05, 0) is 31.2 Å². The smallest absolute Gasteiger partial charge is 0.322 e. The van der Waals surface area contributed by atoms with Gasteiger partial charge in [0.1, 0.15) is 6.04 Å². The van der Waals surface area contributed by atoms with Gasteiger partial charge in [0.05, 0.1) is 4.90 Å². The van der Waals surface area contributed by atoms with Gasteiger partial charge in [0.15, 0.2) is 0 Å². The molecular formula is C13H20N2O4S2. The zero-order valence-electron chi connectivity index (χ0n) is 12.0. The molecule has 1 atom stereocenters. The lowest BCUT2D eigenvalue weighted by Crippen LogP contribution is -2.51. The summed E-state index contributed by atoms with van der Waals surface area (Å²) in [4.78, 5) is 13.7. The first-order chi connectivity index (χ1) is 9.81. The fourth-order valence-electron chi connectivity index (χ4n) is 1.81. The van der Waals surface area contributed by atoms with Crippen molar-refractivity contribution in [1.29, 1.82) is 0 Å². The molecule has 0 saturated carbocycles. The van der Waals surface area contributed by atoms with Crippen molar-refractivity contribution in [3.63, 3.8) is 0 Å². The van der Waals surface area contributed by atoms with Crippen LogP contribution in [0.5, 0.6) is 0 Å². The molecule has 0 aromatic heterocycles. The van der Waals surface area contributed by atoms with Gasteiger partial charge in [-0.1, -0.05) is 24.6 Å². The van der Waals surface area contributed by atoms with Crippen molar-refractivity contribution in [3.05, 3.63) is 29.8 Å². The third kappa shape index (κ3) is 4.99. The molecule has 0 aliphatic heterocycles. The summed E-state index contributed by atoms with van der Waals surface area (Å²) in [7, 11) is -3.80. The van der Waals surface area contributed by atoms with Crippen LogP contribution in [0.3, 0.4) is 0 Å². The molecule has 0 heterocycles. The summed E-state index contributed by atoms with van der Waals surface area (Å²) in [6.07, 6.45) is 0.239. The Labute approximate surface area is 130 Å². The molecule has 1 aromatic carbocycles. The molecule has 0 amide bonds. The predicted octanol–water partition coefficient (Wildman–Crippen LogP) is 1.28. The van der Waals surface area contributed by atoms with E-state index in [1.807, 2.05) is 6.92 Å². The number of thiol groups is 1. The van der Waals surface area contributed by atoms with Gasteiger partial charge in [-0.15, -0.1) is 4.83 Å². The zero-order valence-corrected chi connectivity index (χ0v) is 13.7. The van der Waals surface area contributed by atoms with Crippen LogP contribution in [0.15, 0.2) is 29.2 Å². The van der Waals surface area contributed by atoms with E-state index in [0.29, 0.717) is 5.75 Å². The number of carboxylic acids is 1. The van der Waals surface area contributed by atoms with E-state index < -0.39 is 22.0 Å². The average molecular weight is 332 g/mol. The van der Waals surface area contributed by atoms with E-state index in [-0.39, 0.29) is 17.9 Å². The van der Waals surface area contributed by atoms with E-state index in [9.17, 15) is 18.3 Å². The van der Waals surface area contributed by atoms with Crippen LogP contribution in [0.2, 0.25) is 0 Å². The van der Waals surface area contributed by atoms with Gasteiger partial charge in [-0.3, -0.25) is 4.79 Å². The second-order valence-corrected chi connectivity index (χ2v) is 6.67. The van der Waals surface area contributed by atoms with E-state index in [0.717, 1.165) is 5.56 Å². The van der Waals surface area contributed by atoms with E-state index in [1.165, 1.54) is 17.1 Å². The van der Waals surface area contributed by atoms with Crippen LogP contribution in [0.4, 0.5) is 0 Å². The Morgan fingerprint density at radius 3 is 2.38 bits per heavy atom. The minimum absolute atomic E-state index is 0.0987. The number of benzene rings is 1. The number of hydrazine groups is 1. The first-order valence-electron chi connectivity index (χ1n) is 6.51. The first kappa shape index (κ1) is 18.0. The monoisotopic (exact) mass is 332 g/mol. The number of carbonyl (C=O) groups is 1. The average Bonchev–Trinajstić information content (AvgIpc) is 2.42. The number of sulfonamides is 1. The SMILES string of the molecule is CCN(NS(=O)(=O)c1ccc(C)cc1)[C@@H](CCS)C(=O)O. The van der Waals surface area contributed by atoms with Crippen LogP contribution in [0, 0.1) is 6.92 Å². The fourth-order valence-corrected chi connectivity index (χ4v) is 3.22. The standard InChI is InChI=1S/C13H20N2O4S2/c1-3-15(12(8-9-20)13(16)17)14-21(18,19)11-6-4-10(2)5-7-11/h4-7,12,14,20H,3,8-9H2,1-2H3,(H,16,17)/t12-/m0/s1. The van der Waals surface area contributed by atoms with Crippen LogP contribution in [0.25, 0.3) is 0 Å². The van der Waals surface area contributed by atoms with Crippen LogP contribution < -0.4 is 4.83 Å². The maximum Gasteiger partial charge on any atom is 0.322 e. The lowest BCUT2D eigenvalue weighted by Gasteiger charge is -2.27. The van der Waals surface area contributed by atoms with Crippen LogP contribution >= 0.6 is 12.6 Å². The summed E-state index contributed by atoms with van der Waals surface area (Å²) in [6.45, 7) is 3.78. The van der Waals surface area contributed by atoms with Gasteiger partial charge < -0.3 is 5.11 Å². The molecule has 2 N–H and O–H groups in total. The first-order valence-corrected chi connectivity index (χ1v) is 8.62. The second kappa shape index (κ2) is 7.79. The molecule has 0 bridgehead atoms. The normalized spacial score (nSPS) is 13.3.